The van der Waals surface area contributed by atoms with Gasteiger partial charge in [0.15, 0.2) is 16.5 Å². The number of ether oxygens (including phenoxy) is 2. The molecule has 2 aromatic carbocycles. The molecule has 0 amide bonds. The summed E-state index contributed by atoms with van der Waals surface area (Å²) in [5.41, 5.74) is -0.275. The second kappa shape index (κ2) is 8.27. The molecule has 2 aromatic rings. The zero-order valence-corrected chi connectivity index (χ0v) is 17.4. The topological polar surface area (TPSA) is 110 Å². The first-order chi connectivity index (χ1) is 13.6. The van der Waals surface area contributed by atoms with Gasteiger partial charge in [0.25, 0.3) is 5.79 Å². The van der Waals surface area contributed by atoms with Gasteiger partial charge in [-0.05, 0) is 48.2 Å². The van der Waals surface area contributed by atoms with Crippen LogP contribution in [-0.2, 0) is 43.0 Å². The lowest BCUT2D eigenvalue weighted by Gasteiger charge is -2.40. The van der Waals surface area contributed by atoms with Gasteiger partial charge in [0.1, 0.15) is 0 Å². The molecule has 1 unspecified atom stereocenters. The Balaban J connectivity index is 1.97. The maximum absolute atomic E-state index is 13.0. The van der Waals surface area contributed by atoms with Crippen LogP contribution in [0.2, 0.25) is 0 Å². The minimum absolute atomic E-state index is 0.00952. The molecular formula is C20H20O7S2. The molecule has 0 spiro atoms. The van der Waals surface area contributed by atoms with Gasteiger partial charge in [0, 0.05) is 30.8 Å². The maximum atomic E-state index is 13.0. The lowest BCUT2D eigenvalue weighted by molar-refractivity contribution is -0.251. The van der Waals surface area contributed by atoms with Crippen molar-refractivity contribution in [3.8, 4) is 0 Å². The zero-order valence-electron chi connectivity index (χ0n) is 15.8. The van der Waals surface area contributed by atoms with E-state index in [-0.39, 0.29) is 17.7 Å². The van der Waals surface area contributed by atoms with Crippen LogP contribution in [0.1, 0.15) is 25.0 Å². The highest BCUT2D eigenvalue weighted by molar-refractivity contribution is 7.93. The average Bonchev–Trinajstić information content (AvgIpc) is 2.66. The largest absolute Gasteiger partial charge is 0.422 e. The lowest BCUT2D eigenvalue weighted by atomic mass is 9.75. The molecule has 0 bridgehead atoms. The molecule has 3 rings (SSSR count). The van der Waals surface area contributed by atoms with Crippen LogP contribution in [-0.4, -0.2) is 31.0 Å². The summed E-state index contributed by atoms with van der Waals surface area (Å²) in [6.07, 6.45) is 0.0559. The van der Waals surface area contributed by atoms with Gasteiger partial charge < -0.3 is 18.6 Å². The Bertz CT molecular complexity index is 916. The van der Waals surface area contributed by atoms with Gasteiger partial charge in [-0.2, -0.15) is 0 Å². The molecule has 1 aliphatic rings. The molecule has 2 N–H and O–H groups in total. The van der Waals surface area contributed by atoms with Crippen molar-refractivity contribution in [1.29, 1.82) is 0 Å². The predicted octanol–water partition coefficient (Wildman–Crippen LogP) is 3.44. The Morgan fingerprint density at radius 1 is 0.897 bits per heavy atom. The summed E-state index contributed by atoms with van der Waals surface area (Å²) in [5.74, 6) is -2.73. The van der Waals surface area contributed by atoms with Crippen LogP contribution < -0.4 is 0 Å². The standard InChI is InChI=1S/C20H20O7S2/c1-19(2)26-17(21)20(18(22)27-19,11-13-3-7-15(28-23)8-4-13)12-14-5-9-16(10-6-14)29(24)25/h3-10,23H,11-12H2,1-2H3,(H,24,25). The second-order valence-electron chi connectivity index (χ2n) is 7.24. The highest BCUT2D eigenvalue weighted by atomic mass is 32.2. The summed E-state index contributed by atoms with van der Waals surface area (Å²) in [4.78, 5) is 26.8. The van der Waals surface area contributed by atoms with Crippen molar-refractivity contribution >= 4 is 35.1 Å². The Hall–Kier alpha value is -2.20. The van der Waals surface area contributed by atoms with Gasteiger partial charge in [-0.1, -0.05) is 24.3 Å². The van der Waals surface area contributed by atoms with E-state index in [1.807, 2.05) is 0 Å². The smallest absolute Gasteiger partial charge is 0.327 e. The number of esters is 2. The molecule has 154 valence electrons. The van der Waals surface area contributed by atoms with E-state index < -0.39 is 34.2 Å². The normalized spacial score (nSPS) is 18.6. The van der Waals surface area contributed by atoms with Gasteiger partial charge in [-0.3, -0.25) is 9.59 Å². The third-order valence-electron chi connectivity index (χ3n) is 4.62. The van der Waals surface area contributed by atoms with Crippen molar-refractivity contribution in [3.63, 3.8) is 0 Å². The molecule has 0 saturated carbocycles. The van der Waals surface area contributed by atoms with E-state index >= 15 is 0 Å². The van der Waals surface area contributed by atoms with Crippen molar-refractivity contribution in [1.82, 2.24) is 0 Å². The van der Waals surface area contributed by atoms with Gasteiger partial charge >= 0.3 is 11.9 Å². The molecular weight excluding hydrogens is 416 g/mol. The molecule has 1 heterocycles. The molecule has 1 aliphatic heterocycles. The Labute approximate surface area is 174 Å². The first-order valence-corrected chi connectivity index (χ1v) is 10.6. The monoisotopic (exact) mass is 436 g/mol. The number of carbonyl (C=O) groups is 2. The highest BCUT2D eigenvalue weighted by Crippen LogP contribution is 2.38. The van der Waals surface area contributed by atoms with E-state index in [9.17, 15) is 18.4 Å². The molecule has 1 atom stereocenters. The number of hydrogen-bond acceptors (Lipinski definition) is 7. The van der Waals surface area contributed by atoms with E-state index in [4.69, 9.17) is 14.0 Å². The molecule has 29 heavy (non-hydrogen) atoms. The van der Waals surface area contributed by atoms with Gasteiger partial charge in [0.05, 0.1) is 4.90 Å². The van der Waals surface area contributed by atoms with Crippen LogP contribution in [0.3, 0.4) is 0 Å². The van der Waals surface area contributed by atoms with Crippen molar-refractivity contribution < 1.29 is 32.4 Å². The summed E-state index contributed by atoms with van der Waals surface area (Å²) in [7, 11) is 0. The minimum Gasteiger partial charge on any atom is -0.422 e. The summed E-state index contributed by atoms with van der Waals surface area (Å²) in [5, 5.41) is 0. The fourth-order valence-electron chi connectivity index (χ4n) is 3.19. The van der Waals surface area contributed by atoms with Crippen LogP contribution in [0, 0.1) is 5.41 Å². The van der Waals surface area contributed by atoms with E-state index in [1.54, 1.807) is 36.4 Å². The van der Waals surface area contributed by atoms with Gasteiger partial charge in [0.2, 0.25) is 0 Å². The van der Waals surface area contributed by atoms with Crippen LogP contribution >= 0.6 is 12.0 Å². The number of benzene rings is 2. The lowest BCUT2D eigenvalue weighted by Crippen LogP contribution is -2.56. The van der Waals surface area contributed by atoms with Crippen molar-refractivity contribution in [3.05, 3.63) is 59.7 Å². The van der Waals surface area contributed by atoms with E-state index in [0.717, 1.165) is 0 Å². The Morgan fingerprint density at radius 3 is 1.76 bits per heavy atom. The first kappa shape index (κ1) is 21.5. The quantitative estimate of drug-likeness (QED) is 0.307. The van der Waals surface area contributed by atoms with Crippen LogP contribution in [0.25, 0.3) is 0 Å². The maximum Gasteiger partial charge on any atom is 0.327 e. The van der Waals surface area contributed by atoms with Crippen molar-refractivity contribution in [2.75, 3.05) is 0 Å². The first-order valence-electron chi connectivity index (χ1n) is 8.72. The average molecular weight is 437 g/mol. The summed E-state index contributed by atoms with van der Waals surface area (Å²) in [6.45, 7) is 2.98. The molecule has 1 saturated heterocycles. The Morgan fingerprint density at radius 2 is 1.34 bits per heavy atom. The van der Waals surface area contributed by atoms with E-state index in [0.29, 0.717) is 28.1 Å². The van der Waals surface area contributed by atoms with Gasteiger partial charge in [-0.15, -0.1) is 0 Å². The van der Waals surface area contributed by atoms with Gasteiger partial charge in [-0.25, -0.2) is 4.21 Å². The summed E-state index contributed by atoms with van der Waals surface area (Å²) >= 11 is -1.52. The molecule has 0 radical (unpaired) electrons. The van der Waals surface area contributed by atoms with E-state index in [2.05, 4.69) is 0 Å². The fraction of sp³-hybridized carbons (Fsp3) is 0.300. The predicted molar refractivity (Wildman–Crippen MR) is 107 cm³/mol. The molecule has 1 fully saturated rings. The van der Waals surface area contributed by atoms with E-state index in [1.165, 1.54) is 26.0 Å². The zero-order chi connectivity index (χ0) is 21.2. The number of hydrogen-bond donors (Lipinski definition) is 2. The van der Waals surface area contributed by atoms with Crippen LogP contribution in [0.5, 0.6) is 0 Å². The molecule has 0 aromatic heterocycles. The van der Waals surface area contributed by atoms with Crippen molar-refractivity contribution in [2.24, 2.45) is 5.41 Å². The van der Waals surface area contributed by atoms with Crippen molar-refractivity contribution in [2.45, 2.75) is 42.3 Å². The SMILES string of the molecule is CC1(C)OC(=O)C(Cc2ccc(SO)cc2)(Cc2ccc(S(=O)O)cc2)C(=O)O1. The minimum atomic E-state index is -2.12. The third-order valence-corrected chi connectivity index (χ3v) is 5.78. The molecule has 7 nitrogen and oxygen atoms in total. The second-order valence-corrected chi connectivity index (χ2v) is 8.87. The fourth-order valence-corrected chi connectivity index (χ4v) is 3.81. The molecule has 9 heteroatoms. The summed E-state index contributed by atoms with van der Waals surface area (Å²) in [6, 6.07) is 12.9. The summed E-state index contributed by atoms with van der Waals surface area (Å²) < 4.78 is 40.3. The number of rotatable bonds is 6. The highest BCUT2D eigenvalue weighted by Gasteiger charge is 2.56. The van der Waals surface area contributed by atoms with Crippen LogP contribution in [0.15, 0.2) is 58.3 Å². The number of cyclic esters (lactones) is 2. The van der Waals surface area contributed by atoms with Crippen LogP contribution in [0.4, 0.5) is 0 Å². The molecule has 0 aliphatic carbocycles. The number of carbonyl (C=O) groups excluding carboxylic acids is 2. The third kappa shape index (κ3) is 4.69. The Kier molecular flexibility index (Phi) is 6.13.